The van der Waals surface area contributed by atoms with Gasteiger partial charge in [0.25, 0.3) is 5.91 Å². The molecule has 1 aliphatic rings. The highest BCUT2D eigenvalue weighted by molar-refractivity contribution is 6.00. The van der Waals surface area contributed by atoms with Crippen LogP contribution in [0.15, 0.2) is 48.9 Å². The van der Waals surface area contributed by atoms with Gasteiger partial charge in [-0.1, -0.05) is 18.2 Å². The number of anilines is 1. The smallest absolute Gasteiger partial charge is 0.417 e. The van der Waals surface area contributed by atoms with Crippen molar-refractivity contribution < 1.29 is 27.1 Å². The van der Waals surface area contributed by atoms with E-state index < -0.39 is 29.6 Å². The summed E-state index contributed by atoms with van der Waals surface area (Å²) in [6.45, 7) is 1.77. The van der Waals surface area contributed by atoms with Crippen molar-refractivity contribution >= 4 is 17.4 Å². The van der Waals surface area contributed by atoms with Crippen LogP contribution in [-0.2, 0) is 12.7 Å². The van der Waals surface area contributed by atoms with Gasteiger partial charge in [-0.05, 0) is 24.6 Å². The maximum atomic E-state index is 14.0. The SMILES string of the molecule is C[C@H]1CNC(=O)c2cnn3cc(-c4ccccc4C(F)(F)F)c(nc23)NCc2cc(F)cnc2O1. The lowest BCUT2D eigenvalue weighted by Gasteiger charge is -2.18. The summed E-state index contributed by atoms with van der Waals surface area (Å²) in [5.74, 6) is -0.917. The van der Waals surface area contributed by atoms with Crippen molar-refractivity contribution in [3.8, 4) is 17.0 Å². The Labute approximate surface area is 196 Å². The van der Waals surface area contributed by atoms with Crippen LogP contribution in [0.25, 0.3) is 16.8 Å². The van der Waals surface area contributed by atoms with E-state index in [1.54, 1.807) is 6.92 Å². The molecule has 0 aliphatic carbocycles. The maximum Gasteiger partial charge on any atom is 0.417 e. The Balaban J connectivity index is 1.71. The van der Waals surface area contributed by atoms with Gasteiger partial charge in [-0.3, -0.25) is 4.79 Å². The zero-order valence-corrected chi connectivity index (χ0v) is 18.2. The first-order chi connectivity index (χ1) is 16.7. The van der Waals surface area contributed by atoms with Gasteiger partial charge in [0.2, 0.25) is 5.88 Å². The minimum Gasteiger partial charge on any atom is -0.473 e. The van der Waals surface area contributed by atoms with Gasteiger partial charge in [0.1, 0.15) is 23.3 Å². The summed E-state index contributed by atoms with van der Waals surface area (Å²) in [5, 5.41) is 9.81. The Morgan fingerprint density at radius 2 is 1.91 bits per heavy atom. The van der Waals surface area contributed by atoms with Gasteiger partial charge in [-0.15, -0.1) is 0 Å². The molecule has 1 aliphatic heterocycles. The standard InChI is InChI=1S/C23H18F4N6O2/c1-12-7-29-21(34)16-10-31-33-11-17(15-4-2-3-5-18(15)23(25,26)27)19(32-20(16)33)28-8-13-6-14(24)9-30-22(13)35-12/h2-6,9-12H,7-8H2,1H3,(H,28,32)(H,29,34)/t12-/m0/s1. The van der Waals surface area contributed by atoms with Crippen LogP contribution < -0.4 is 15.4 Å². The van der Waals surface area contributed by atoms with Gasteiger partial charge < -0.3 is 15.4 Å². The van der Waals surface area contributed by atoms with E-state index in [-0.39, 0.29) is 47.1 Å². The number of nitrogens with one attached hydrogen (secondary N) is 2. The second kappa shape index (κ2) is 8.53. The third-order valence-electron chi connectivity index (χ3n) is 5.46. The third-order valence-corrected chi connectivity index (χ3v) is 5.46. The van der Waals surface area contributed by atoms with Crippen LogP contribution in [0.2, 0.25) is 0 Å². The first-order valence-electron chi connectivity index (χ1n) is 10.6. The molecule has 2 N–H and O–H groups in total. The van der Waals surface area contributed by atoms with Gasteiger partial charge >= 0.3 is 6.18 Å². The van der Waals surface area contributed by atoms with Crippen molar-refractivity contribution in [2.45, 2.75) is 25.7 Å². The van der Waals surface area contributed by atoms with Gasteiger partial charge in [-0.25, -0.2) is 18.9 Å². The lowest BCUT2D eigenvalue weighted by molar-refractivity contribution is -0.137. The van der Waals surface area contributed by atoms with Gasteiger partial charge in [0.05, 0.1) is 24.5 Å². The van der Waals surface area contributed by atoms with E-state index in [0.717, 1.165) is 12.3 Å². The molecule has 0 radical (unpaired) electrons. The first-order valence-corrected chi connectivity index (χ1v) is 10.6. The van der Waals surface area contributed by atoms with Gasteiger partial charge in [0, 0.05) is 23.9 Å². The van der Waals surface area contributed by atoms with E-state index in [1.165, 1.54) is 41.2 Å². The van der Waals surface area contributed by atoms with Crippen molar-refractivity contribution in [3.63, 3.8) is 0 Å². The van der Waals surface area contributed by atoms with Crippen LogP contribution in [0, 0.1) is 5.82 Å². The van der Waals surface area contributed by atoms with Crippen LogP contribution in [-0.4, -0.2) is 38.1 Å². The van der Waals surface area contributed by atoms with E-state index in [9.17, 15) is 22.4 Å². The number of nitrogens with zero attached hydrogens (tertiary/aromatic N) is 4. The molecular weight excluding hydrogens is 468 g/mol. The molecule has 0 saturated carbocycles. The number of rotatable bonds is 1. The molecule has 2 bridgehead atoms. The quantitative estimate of drug-likeness (QED) is 0.394. The number of pyridine rings is 1. The number of benzene rings is 1. The van der Waals surface area contributed by atoms with Crippen molar-refractivity contribution in [1.82, 2.24) is 24.9 Å². The average molecular weight is 486 g/mol. The Hall–Kier alpha value is -4.22. The Bertz CT molecular complexity index is 1440. The van der Waals surface area contributed by atoms with Gasteiger partial charge in [0.15, 0.2) is 5.65 Å². The van der Waals surface area contributed by atoms with E-state index in [1.807, 2.05) is 0 Å². The Morgan fingerprint density at radius 1 is 1.11 bits per heavy atom. The van der Waals surface area contributed by atoms with E-state index in [2.05, 4.69) is 25.7 Å². The monoisotopic (exact) mass is 486 g/mol. The molecule has 4 heterocycles. The minimum atomic E-state index is -4.62. The highest BCUT2D eigenvalue weighted by Gasteiger charge is 2.34. The number of carbonyl (C=O) groups excluding carboxylic acids is 1. The summed E-state index contributed by atoms with van der Waals surface area (Å²) < 4.78 is 62.4. The molecule has 12 heteroatoms. The molecule has 8 nitrogen and oxygen atoms in total. The topological polar surface area (TPSA) is 93.4 Å². The normalized spacial score (nSPS) is 16.4. The molecule has 0 unspecified atom stereocenters. The number of hydrogen-bond donors (Lipinski definition) is 2. The van der Waals surface area contributed by atoms with Crippen LogP contribution in [0.3, 0.4) is 0 Å². The molecule has 0 fully saturated rings. The van der Waals surface area contributed by atoms with Crippen molar-refractivity contribution in [2.75, 3.05) is 11.9 Å². The number of ether oxygens (including phenoxy) is 1. The number of alkyl halides is 3. The third kappa shape index (κ3) is 4.34. The largest absolute Gasteiger partial charge is 0.473 e. The second-order valence-electron chi connectivity index (χ2n) is 7.98. The average Bonchev–Trinajstić information content (AvgIpc) is 3.24. The highest BCUT2D eigenvalue weighted by Crippen LogP contribution is 2.39. The number of amides is 1. The predicted octanol–water partition coefficient (Wildman–Crippen LogP) is 4.07. The highest BCUT2D eigenvalue weighted by atomic mass is 19.4. The summed E-state index contributed by atoms with van der Waals surface area (Å²) in [7, 11) is 0. The van der Waals surface area contributed by atoms with Crippen LogP contribution in [0.5, 0.6) is 5.88 Å². The Kier molecular flexibility index (Phi) is 5.50. The van der Waals surface area contributed by atoms with Crippen molar-refractivity contribution in [3.05, 3.63) is 71.4 Å². The Morgan fingerprint density at radius 3 is 2.71 bits per heavy atom. The fourth-order valence-electron chi connectivity index (χ4n) is 3.81. The van der Waals surface area contributed by atoms with Crippen molar-refractivity contribution in [1.29, 1.82) is 0 Å². The molecule has 1 atom stereocenters. The fraction of sp³-hybridized carbons (Fsp3) is 0.217. The molecular formula is C23H18F4N6O2. The number of carbonyl (C=O) groups is 1. The summed E-state index contributed by atoms with van der Waals surface area (Å²) in [5.41, 5.74) is -0.299. The maximum absolute atomic E-state index is 14.0. The second-order valence-corrected chi connectivity index (χ2v) is 7.98. The molecule has 0 saturated heterocycles. The van der Waals surface area contributed by atoms with E-state index in [4.69, 9.17) is 4.74 Å². The number of halogens is 4. The summed E-state index contributed by atoms with van der Waals surface area (Å²) in [6, 6.07) is 6.28. The lowest BCUT2D eigenvalue weighted by atomic mass is 10.0. The minimum absolute atomic E-state index is 0.0475. The number of fused-ring (bicyclic) bond motifs is 2. The fourth-order valence-corrected chi connectivity index (χ4v) is 3.81. The molecule has 180 valence electrons. The number of hydrogen-bond acceptors (Lipinski definition) is 6. The zero-order valence-electron chi connectivity index (χ0n) is 18.2. The lowest BCUT2D eigenvalue weighted by Crippen LogP contribution is -2.33. The predicted molar refractivity (Wildman–Crippen MR) is 117 cm³/mol. The molecule has 1 aromatic carbocycles. The van der Waals surface area contributed by atoms with Crippen LogP contribution in [0.4, 0.5) is 23.4 Å². The molecule has 1 amide bonds. The molecule has 4 aromatic rings. The van der Waals surface area contributed by atoms with Crippen LogP contribution >= 0.6 is 0 Å². The summed E-state index contributed by atoms with van der Waals surface area (Å²) in [6.07, 6.45) is -1.48. The molecule has 35 heavy (non-hydrogen) atoms. The molecule has 3 aromatic heterocycles. The zero-order chi connectivity index (χ0) is 24.7. The van der Waals surface area contributed by atoms with Gasteiger partial charge in [-0.2, -0.15) is 18.3 Å². The number of aromatic nitrogens is 4. The first kappa shape index (κ1) is 22.6. The molecule has 0 spiro atoms. The van der Waals surface area contributed by atoms with E-state index >= 15 is 0 Å². The summed E-state index contributed by atoms with van der Waals surface area (Å²) in [4.78, 5) is 21.2. The molecule has 5 rings (SSSR count). The summed E-state index contributed by atoms with van der Waals surface area (Å²) >= 11 is 0. The van der Waals surface area contributed by atoms with E-state index in [0.29, 0.717) is 5.56 Å². The van der Waals surface area contributed by atoms with Crippen LogP contribution in [0.1, 0.15) is 28.4 Å². The van der Waals surface area contributed by atoms with Crippen molar-refractivity contribution in [2.24, 2.45) is 0 Å².